The largest absolute Gasteiger partial charge is 0.479 e. The van der Waals surface area contributed by atoms with Gasteiger partial charge in [-0.05, 0) is 19.1 Å². The highest BCUT2D eigenvalue weighted by molar-refractivity contribution is 8.00. The highest BCUT2D eigenvalue weighted by atomic mass is 32.2. The fraction of sp³-hybridized carbons (Fsp3) is 0.300. The first kappa shape index (κ1) is 11.1. The first-order valence-corrected chi connectivity index (χ1v) is 5.12. The molecule has 0 aromatic heterocycles. The van der Waals surface area contributed by atoms with Gasteiger partial charge >= 0.3 is 5.97 Å². The van der Waals surface area contributed by atoms with Crippen molar-refractivity contribution in [1.82, 2.24) is 0 Å². The predicted molar refractivity (Wildman–Crippen MR) is 55.4 cm³/mol. The van der Waals surface area contributed by atoms with Crippen molar-refractivity contribution >= 4 is 17.7 Å². The van der Waals surface area contributed by atoms with Crippen LogP contribution in [0, 0.1) is 0 Å². The van der Waals surface area contributed by atoms with Gasteiger partial charge in [0.1, 0.15) is 0 Å². The molecule has 76 valence electrons. The van der Waals surface area contributed by atoms with Crippen LogP contribution in [0.3, 0.4) is 0 Å². The average Bonchev–Trinajstić information content (AvgIpc) is 2.18. The fourth-order valence-corrected chi connectivity index (χ4v) is 1.97. The zero-order valence-corrected chi connectivity index (χ0v) is 8.57. The van der Waals surface area contributed by atoms with Gasteiger partial charge in [0.25, 0.3) is 0 Å². The van der Waals surface area contributed by atoms with E-state index in [0.717, 1.165) is 4.90 Å². The number of aliphatic carboxylic acids is 1. The number of aliphatic hydroxyl groups excluding tert-OH is 1. The highest BCUT2D eigenvalue weighted by Gasteiger charge is 2.22. The van der Waals surface area contributed by atoms with Crippen LogP contribution in [0.5, 0.6) is 0 Å². The summed E-state index contributed by atoms with van der Waals surface area (Å²) >= 11 is 1.35. The summed E-state index contributed by atoms with van der Waals surface area (Å²) in [7, 11) is 0. The van der Waals surface area contributed by atoms with Crippen LogP contribution in [-0.4, -0.2) is 27.5 Å². The Morgan fingerprint density at radius 2 is 1.93 bits per heavy atom. The van der Waals surface area contributed by atoms with E-state index < -0.39 is 12.1 Å². The number of rotatable bonds is 4. The molecule has 1 aromatic rings. The second kappa shape index (κ2) is 5.02. The predicted octanol–water partition coefficient (Wildman–Crippen LogP) is 1.61. The summed E-state index contributed by atoms with van der Waals surface area (Å²) < 4.78 is 0. The molecule has 2 unspecified atom stereocenters. The zero-order chi connectivity index (χ0) is 10.6. The highest BCUT2D eigenvalue weighted by Crippen LogP contribution is 2.24. The van der Waals surface area contributed by atoms with Crippen molar-refractivity contribution in [3.05, 3.63) is 30.3 Å². The Kier molecular flexibility index (Phi) is 3.98. The molecule has 0 bridgehead atoms. The monoisotopic (exact) mass is 212 g/mol. The maximum absolute atomic E-state index is 10.5. The van der Waals surface area contributed by atoms with E-state index in [0.29, 0.717) is 0 Å². The number of benzene rings is 1. The van der Waals surface area contributed by atoms with Gasteiger partial charge in [-0.25, -0.2) is 4.79 Å². The zero-order valence-electron chi connectivity index (χ0n) is 7.75. The Balaban J connectivity index is 2.57. The van der Waals surface area contributed by atoms with Crippen LogP contribution in [-0.2, 0) is 4.79 Å². The lowest BCUT2D eigenvalue weighted by Crippen LogP contribution is -2.29. The van der Waals surface area contributed by atoms with E-state index in [4.69, 9.17) is 5.11 Å². The Morgan fingerprint density at radius 3 is 2.43 bits per heavy atom. The fourth-order valence-electron chi connectivity index (χ4n) is 0.979. The number of hydrogen-bond donors (Lipinski definition) is 2. The van der Waals surface area contributed by atoms with Gasteiger partial charge in [-0.2, -0.15) is 0 Å². The topological polar surface area (TPSA) is 57.5 Å². The standard InChI is InChI=1S/C10H12O3S/c1-7(9(11)10(12)13)14-8-5-3-2-4-6-8/h2-7,9,11H,1H3,(H,12,13). The number of carboxylic acid groups (broad SMARTS) is 1. The molecule has 0 radical (unpaired) electrons. The van der Waals surface area contributed by atoms with Gasteiger partial charge in [-0.1, -0.05) is 18.2 Å². The SMILES string of the molecule is CC(Sc1ccccc1)C(O)C(=O)O. The van der Waals surface area contributed by atoms with E-state index in [9.17, 15) is 9.90 Å². The molecule has 0 heterocycles. The van der Waals surface area contributed by atoms with E-state index in [2.05, 4.69) is 0 Å². The molecule has 0 aliphatic rings. The van der Waals surface area contributed by atoms with E-state index in [1.165, 1.54) is 11.8 Å². The minimum atomic E-state index is -1.32. The van der Waals surface area contributed by atoms with E-state index in [1.807, 2.05) is 30.3 Å². The number of carbonyl (C=O) groups is 1. The summed E-state index contributed by atoms with van der Waals surface area (Å²) in [5.74, 6) is -1.18. The molecule has 2 N–H and O–H groups in total. The number of carboxylic acids is 1. The first-order valence-electron chi connectivity index (χ1n) is 4.24. The molecular weight excluding hydrogens is 200 g/mol. The van der Waals surface area contributed by atoms with Crippen LogP contribution in [0.1, 0.15) is 6.92 Å². The van der Waals surface area contributed by atoms with Crippen molar-refractivity contribution in [3.8, 4) is 0 Å². The molecule has 0 spiro atoms. The molecule has 0 aliphatic heterocycles. The van der Waals surface area contributed by atoms with Crippen LogP contribution >= 0.6 is 11.8 Å². The molecule has 14 heavy (non-hydrogen) atoms. The van der Waals surface area contributed by atoms with Crippen molar-refractivity contribution < 1.29 is 15.0 Å². The molecular formula is C10H12O3S. The summed E-state index contributed by atoms with van der Waals surface area (Å²) in [6, 6.07) is 9.41. The van der Waals surface area contributed by atoms with Gasteiger partial charge in [0.15, 0.2) is 6.10 Å². The molecule has 0 saturated carbocycles. The molecule has 1 rings (SSSR count). The van der Waals surface area contributed by atoms with Gasteiger partial charge in [-0.15, -0.1) is 11.8 Å². The second-order valence-electron chi connectivity index (χ2n) is 2.92. The quantitative estimate of drug-likeness (QED) is 0.744. The van der Waals surface area contributed by atoms with Gasteiger partial charge < -0.3 is 10.2 Å². The third kappa shape index (κ3) is 3.05. The molecule has 4 heteroatoms. The van der Waals surface area contributed by atoms with Crippen molar-refractivity contribution in [2.75, 3.05) is 0 Å². The number of thioether (sulfide) groups is 1. The Hall–Kier alpha value is -1.00. The Morgan fingerprint density at radius 1 is 1.36 bits per heavy atom. The Labute approximate surface area is 86.8 Å². The van der Waals surface area contributed by atoms with Crippen LogP contribution in [0.2, 0.25) is 0 Å². The van der Waals surface area contributed by atoms with Crippen LogP contribution in [0.15, 0.2) is 35.2 Å². The number of hydrogen-bond acceptors (Lipinski definition) is 3. The van der Waals surface area contributed by atoms with Crippen LogP contribution in [0.25, 0.3) is 0 Å². The van der Waals surface area contributed by atoms with Crippen LogP contribution in [0.4, 0.5) is 0 Å². The van der Waals surface area contributed by atoms with Crippen molar-refractivity contribution in [1.29, 1.82) is 0 Å². The van der Waals surface area contributed by atoms with Crippen molar-refractivity contribution in [2.24, 2.45) is 0 Å². The summed E-state index contributed by atoms with van der Waals surface area (Å²) in [6.45, 7) is 1.69. The molecule has 1 aromatic carbocycles. The summed E-state index contributed by atoms with van der Waals surface area (Å²) in [5.41, 5.74) is 0. The van der Waals surface area contributed by atoms with Gasteiger partial charge in [0.05, 0.1) is 0 Å². The molecule has 0 saturated heterocycles. The third-order valence-corrected chi connectivity index (χ3v) is 2.94. The van der Waals surface area contributed by atoms with Gasteiger partial charge in [0.2, 0.25) is 0 Å². The van der Waals surface area contributed by atoms with E-state index in [1.54, 1.807) is 6.92 Å². The van der Waals surface area contributed by atoms with Gasteiger partial charge in [0, 0.05) is 10.1 Å². The molecule has 2 atom stereocenters. The second-order valence-corrected chi connectivity index (χ2v) is 4.37. The minimum Gasteiger partial charge on any atom is -0.479 e. The molecule has 0 amide bonds. The van der Waals surface area contributed by atoms with E-state index in [-0.39, 0.29) is 5.25 Å². The lowest BCUT2D eigenvalue weighted by molar-refractivity contribution is -0.146. The maximum Gasteiger partial charge on any atom is 0.333 e. The molecule has 3 nitrogen and oxygen atoms in total. The minimum absolute atomic E-state index is 0.352. The lowest BCUT2D eigenvalue weighted by Gasteiger charge is -2.13. The summed E-state index contributed by atoms with van der Waals surface area (Å²) in [5, 5.41) is 17.5. The third-order valence-electron chi connectivity index (χ3n) is 1.76. The summed E-state index contributed by atoms with van der Waals surface area (Å²) in [6.07, 6.45) is -1.32. The first-order chi connectivity index (χ1) is 6.61. The average molecular weight is 212 g/mol. The smallest absolute Gasteiger partial charge is 0.333 e. The molecule has 0 aliphatic carbocycles. The normalized spacial score (nSPS) is 14.7. The number of aliphatic hydroxyl groups is 1. The van der Waals surface area contributed by atoms with Gasteiger partial charge in [-0.3, -0.25) is 0 Å². The van der Waals surface area contributed by atoms with Crippen LogP contribution < -0.4 is 0 Å². The summed E-state index contributed by atoms with van der Waals surface area (Å²) in [4.78, 5) is 11.4. The molecule has 0 fully saturated rings. The van der Waals surface area contributed by atoms with E-state index >= 15 is 0 Å². The Bertz CT molecular complexity index is 299. The lowest BCUT2D eigenvalue weighted by atomic mass is 10.3. The van der Waals surface area contributed by atoms with Crippen molar-refractivity contribution in [3.63, 3.8) is 0 Å². The van der Waals surface area contributed by atoms with Crippen molar-refractivity contribution in [2.45, 2.75) is 23.2 Å². The maximum atomic E-state index is 10.5.